The largest absolute Gasteiger partial charge is 0.369 e. The lowest BCUT2D eigenvalue weighted by molar-refractivity contribution is 0.768. The molecule has 2 N–H and O–H groups in total. The van der Waals surface area contributed by atoms with Crippen molar-refractivity contribution in [1.29, 1.82) is 0 Å². The molecule has 0 saturated heterocycles. The van der Waals surface area contributed by atoms with Crippen LogP contribution in [0.25, 0.3) is 0 Å². The van der Waals surface area contributed by atoms with E-state index >= 15 is 0 Å². The van der Waals surface area contributed by atoms with Crippen LogP contribution in [0.15, 0.2) is 51.9 Å². The van der Waals surface area contributed by atoms with Crippen LogP contribution < -0.4 is 10.6 Å². The number of guanidine groups is 1. The highest BCUT2D eigenvalue weighted by Crippen LogP contribution is 2.38. The van der Waals surface area contributed by atoms with Gasteiger partial charge in [-0.2, -0.15) is 0 Å². The van der Waals surface area contributed by atoms with Crippen LogP contribution in [0.4, 0.5) is 5.69 Å². The third-order valence-corrected chi connectivity index (χ3v) is 4.65. The average Bonchev–Trinajstić information content (AvgIpc) is 2.81. The summed E-state index contributed by atoms with van der Waals surface area (Å²) in [5.41, 5.74) is 8.00. The molecule has 1 heterocycles. The normalized spacial score (nSPS) is 18.0. The van der Waals surface area contributed by atoms with Crippen molar-refractivity contribution in [3.05, 3.63) is 62.5 Å². The molecule has 0 aliphatic carbocycles. The van der Waals surface area contributed by atoms with Crippen LogP contribution in [-0.4, -0.2) is 12.5 Å². The molecule has 3 nitrogen and oxygen atoms in total. The first-order chi connectivity index (χ1) is 10.1. The molecule has 1 unspecified atom stereocenters. The van der Waals surface area contributed by atoms with Crippen LogP contribution in [0, 0.1) is 0 Å². The molecule has 6 heteroatoms. The van der Waals surface area contributed by atoms with E-state index in [1.54, 1.807) is 6.07 Å². The summed E-state index contributed by atoms with van der Waals surface area (Å²) in [5.74, 6) is 0.484. The highest BCUT2D eigenvalue weighted by Gasteiger charge is 2.31. The van der Waals surface area contributed by atoms with E-state index in [0.29, 0.717) is 22.5 Å². The van der Waals surface area contributed by atoms with Crippen LogP contribution in [0.5, 0.6) is 0 Å². The fourth-order valence-corrected chi connectivity index (χ4v) is 3.46. The second kappa shape index (κ2) is 5.87. The minimum atomic E-state index is -0.0338. The van der Waals surface area contributed by atoms with E-state index in [2.05, 4.69) is 20.9 Å². The van der Waals surface area contributed by atoms with Crippen molar-refractivity contribution in [2.24, 2.45) is 10.7 Å². The molecule has 2 aromatic rings. The monoisotopic (exact) mass is 383 g/mol. The fourth-order valence-electron chi connectivity index (χ4n) is 2.45. The summed E-state index contributed by atoms with van der Waals surface area (Å²) in [4.78, 5) is 6.35. The lowest BCUT2D eigenvalue weighted by Gasteiger charge is -2.28. The zero-order valence-corrected chi connectivity index (χ0v) is 14.0. The molecule has 1 aliphatic rings. The van der Waals surface area contributed by atoms with Crippen LogP contribution >= 0.6 is 39.1 Å². The van der Waals surface area contributed by atoms with Crippen molar-refractivity contribution < 1.29 is 0 Å². The van der Waals surface area contributed by atoms with Crippen LogP contribution in [0.2, 0.25) is 10.0 Å². The van der Waals surface area contributed by atoms with E-state index in [1.165, 1.54) is 0 Å². The number of aliphatic imine (C=N–C) groups is 1. The summed E-state index contributed by atoms with van der Waals surface area (Å²) in [5, 5.41) is 1.23. The minimum Gasteiger partial charge on any atom is -0.369 e. The highest BCUT2D eigenvalue weighted by atomic mass is 79.9. The van der Waals surface area contributed by atoms with Crippen molar-refractivity contribution in [3.8, 4) is 0 Å². The zero-order valence-electron chi connectivity index (χ0n) is 10.9. The van der Waals surface area contributed by atoms with Crippen molar-refractivity contribution in [3.63, 3.8) is 0 Å². The lowest BCUT2D eigenvalue weighted by atomic mass is 10.1. The molecule has 0 amide bonds. The molecule has 2 aromatic carbocycles. The maximum atomic E-state index is 6.34. The predicted octanol–water partition coefficient (Wildman–Crippen LogP) is 4.63. The van der Waals surface area contributed by atoms with E-state index < -0.39 is 0 Å². The topological polar surface area (TPSA) is 41.6 Å². The van der Waals surface area contributed by atoms with Gasteiger partial charge < -0.3 is 10.6 Å². The maximum Gasteiger partial charge on any atom is 0.196 e. The first-order valence-electron chi connectivity index (χ1n) is 6.36. The van der Waals surface area contributed by atoms with Gasteiger partial charge in [-0.1, -0.05) is 41.4 Å². The quantitative estimate of drug-likeness (QED) is 0.819. The summed E-state index contributed by atoms with van der Waals surface area (Å²) < 4.78 is 0.958. The number of halogens is 3. The van der Waals surface area contributed by atoms with E-state index in [1.807, 2.05) is 41.3 Å². The van der Waals surface area contributed by atoms with Crippen molar-refractivity contribution >= 4 is 50.8 Å². The van der Waals surface area contributed by atoms with E-state index in [0.717, 1.165) is 15.7 Å². The van der Waals surface area contributed by atoms with Gasteiger partial charge >= 0.3 is 0 Å². The molecule has 1 atom stereocenters. The molecule has 0 radical (unpaired) electrons. The average molecular weight is 385 g/mol. The summed E-state index contributed by atoms with van der Waals surface area (Å²) in [6.45, 7) is 0.564. The van der Waals surface area contributed by atoms with Gasteiger partial charge in [-0.25, -0.2) is 0 Å². The van der Waals surface area contributed by atoms with Gasteiger partial charge in [-0.15, -0.1) is 0 Å². The standard InChI is InChI=1S/C15H12BrCl2N3/c16-11-3-1-2-4-13(11)21-14(8-20-15(21)19)10-6-5-9(17)7-12(10)18/h1-7,14H,8H2,(H2,19,20). The molecule has 0 aromatic heterocycles. The van der Waals surface area contributed by atoms with Gasteiger partial charge in [0.2, 0.25) is 0 Å². The van der Waals surface area contributed by atoms with Gasteiger partial charge in [0.05, 0.1) is 18.3 Å². The molecule has 0 fully saturated rings. The number of rotatable bonds is 2. The SMILES string of the molecule is NC1=NCC(c2ccc(Cl)cc2Cl)N1c1ccccc1Br. The number of nitrogens with two attached hydrogens (primary N) is 1. The van der Waals surface area contributed by atoms with E-state index in [-0.39, 0.29) is 6.04 Å². The Morgan fingerprint density at radius 2 is 1.95 bits per heavy atom. The Labute approximate surface area is 141 Å². The Balaban J connectivity index is 2.05. The molecule has 0 saturated carbocycles. The Hall–Kier alpha value is -1.23. The molecule has 3 rings (SSSR count). The number of hydrogen-bond donors (Lipinski definition) is 1. The lowest BCUT2D eigenvalue weighted by Crippen LogP contribution is -2.36. The van der Waals surface area contributed by atoms with Gasteiger partial charge in [-0.3, -0.25) is 4.99 Å². The first kappa shape index (κ1) is 14.7. The number of benzene rings is 2. The molecule has 21 heavy (non-hydrogen) atoms. The summed E-state index contributed by atoms with van der Waals surface area (Å²) in [7, 11) is 0. The molecule has 1 aliphatic heterocycles. The van der Waals surface area contributed by atoms with E-state index in [9.17, 15) is 0 Å². The smallest absolute Gasteiger partial charge is 0.196 e. The van der Waals surface area contributed by atoms with Gasteiger partial charge in [0.1, 0.15) is 0 Å². The van der Waals surface area contributed by atoms with E-state index in [4.69, 9.17) is 28.9 Å². The first-order valence-corrected chi connectivity index (χ1v) is 7.91. The minimum absolute atomic E-state index is 0.0338. The third kappa shape index (κ3) is 2.76. The number of nitrogens with zero attached hydrogens (tertiary/aromatic N) is 2. The summed E-state index contributed by atoms with van der Waals surface area (Å²) in [6, 6.07) is 13.4. The molecule has 0 spiro atoms. The van der Waals surface area contributed by atoms with Gasteiger partial charge in [0, 0.05) is 14.5 Å². The zero-order chi connectivity index (χ0) is 15.0. The Morgan fingerprint density at radius 1 is 1.19 bits per heavy atom. The fraction of sp³-hybridized carbons (Fsp3) is 0.133. The Kier molecular flexibility index (Phi) is 4.11. The molecule has 0 bridgehead atoms. The van der Waals surface area contributed by atoms with Crippen LogP contribution in [0.1, 0.15) is 11.6 Å². The maximum absolute atomic E-state index is 6.34. The second-order valence-corrected chi connectivity index (χ2v) is 6.40. The Bertz CT molecular complexity index is 718. The molecule has 108 valence electrons. The number of anilines is 1. The van der Waals surface area contributed by atoms with Crippen molar-refractivity contribution in [2.45, 2.75) is 6.04 Å². The number of para-hydroxylation sites is 1. The molecular weight excluding hydrogens is 373 g/mol. The number of hydrogen-bond acceptors (Lipinski definition) is 3. The van der Waals surface area contributed by atoms with Crippen molar-refractivity contribution in [2.75, 3.05) is 11.4 Å². The molecular formula is C15H12BrCl2N3. The van der Waals surface area contributed by atoms with Gasteiger partial charge in [0.15, 0.2) is 5.96 Å². The van der Waals surface area contributed by atoms with Gasteiger partial charge in [0.25, 0.3) is 0 Å². The van der Waals surface area contributed by atoms with Crippen LogP contribution in [0.3, 0.4) is 0 Å². The summed E-state index contributed by atoms with van der Waals surface area (Å²) in [6.07, 6.45) is 0. The van der Waals surface area contributed by atoms with Crippen LogP contribution in [-0.2, 0) is 0 Å². The highest BCUT2D eigenvalue weighted by molar-refractivity contribution is 9.10. The predicted molar refractivity (Wildman–Crippen MR) is 92.3 cm³/mol. The second-order valence-electron chi connectivity index (χ2n) is 4.70. The Morgan fingerprint density at radius 3 is 2.67 bits per heavy atom. The van der Waals surface area contributed by atoms with Gasteiger partial charge in [-0.05, 0) is 45.8 Å². The van der Waals surface area contributed by atoms with Crippen molar-refractivity contribution in [1.82, 2.24) is 0 Å². The third-order valence-electron chi connectivity index (χ3n) is 3.42. The summed E-state index contributed by atoms with van der Waals surface area (Å²) >= 11 is 15.9.